The fourth-order valence-corrected chi connectivity index (χ4v) is 2.50. The first kappa shape index (κ1) is 14.2. The number of ether oxygens (including phenoxy) is 1. The zero-order valence-electron chi connectivity index (χ0n) is 10.6. The molecule has 2 N–H and O–H groups in total. The van der Waals surface area contributed by atoms with E-state index >= 15 is 0 Å². The third-order valence-electron chi connectivity index (χ3n) is 2.47. The number of anilines is 1. The molecule has 1 aromatic rings. The lowest BCUT2D eigenvalue weighted by molar-refractivity contribution is 0.146. The zero-order valence-corrected chi connectivity index (χ0v) is 11.4. The highest BCUT2D eigenvalue weighted by molar-refractivity contribution is 7.85. The molecule has 0 aliphatic carbocycles. The number of hydrogen-bond acceptors (Lipinski definition) is 3. The van der Waals surface area contributed by atoms with Gasteiger partial charge in [0, 0.05) is 12.3 Å². The van der Waals surface area contributed by atoms with Crippen LogP contribution in [0.2, 0.25) is 0 Å². The summed E-state index contributed by atoms with van der Waals surface area (Å²) in [5, 5.41) is 0. The van der Waals surface area contributed by atoms with E-state index in [1.54, 1.807) is 0 Å². The number of hydrogen-bond donors (Lipinski definition) is 1. The molecule has 0 aliphatic heterocycles. The van der Waals surface area contributed by atoms with E-state index in [2.05, 4.69) is 6.92 Å². The number of benzene rings is 1. The maximum absolute atomic E-state index is 12.0. The van der Waals surface area contributed by atoms with Crippen LogP contribution < -0.4 is 5.73 Å². The van der Waals surface area contributed by atoms with Gasteiger partial charge < -0.3 is 10.5 Å². The van der Waals surface area contributed by atoms with Crippen molar-refractivity contribution in [3.05, 3.63) is 23.8 Å². The summed E-state index contributed by atoms with van der Waals surface area (Å²) in [6.45, 7) is 5.36. The Hall–Kier alpha value is -0.870. The van der Waals surface area contributed by atoms with Gasteiger partial charge in [0.2, 0.25) is 0 Å². The van der Waals surface area contributed by atoms with Crippen molar-refractivity contribution in [1.82, 2.24) is 0 Å². The monoisotopic (exact) mass is 255 g/mol. The summed E-state index contributed by atoms with van der Waals surface area (Å²) in [5.74, 6) is 0.511. The van der Waals surface area contributed by atoms with Crippen LogP contribution in [0, 0.1) is 6.92 Å². The van der Waals surface area contributed by atoms with Crippen LogP contribution in [0.15, 0.2) is 23.1 Å². The van der Waals surface area contributed by atoms with Gasteiger partial charge in [-0.1, -0.05) is 19.4 Å². The smallest absolute Gasteiger partial charge is 0.0618 e. The van der Waals surface area contributed by atoms with Gasteiger partial charge in [0.25, 0.3) is 0 Å². The summed E-state index contributed by atoms with van der Waals surface area (Å²) in [6, 6.07) is 5.62. The molecule has 0 amide bonds. The van der Waals surface area contributed by atoms with Gasteiger partial charge in [-0.25, -0.2) is 0 Å². The van der Waals surface area contributed by atoms with Crippen molar-refractivity contribution < 1.29 is 8.95 Å². The highest BCUT2D eigenvalue weighted by Crippen LogP contribution is 2.17. The molecule has 0 saturated heterocycles. The van der Waals surface area contributed by atoms with E-state index < -0.39 is 10.8 Å². The first-order valence-electron chi connectivity index (χ1n) is 5.97. The van der Waals surface area contributed by atoms with Gasteiger partial charge in [-0.2, -0.15) is 0 Å². The lowest BCUT2D eigenvalue weighted by Gasteiger charge is -2.07. The molecular weight excluding hydrogens is 234 g/mol. The van der Waals surface area contributed by atoms with E-state index in [1.165, 1.54) is 0 Å². The van der Waals surface area contributed by atoms with Gasteiger partial charge in [-0.15, -0.1) is 0 Å². The molecule has 1 rings (SSSR count). The number of aryl methyl sites for hydroxylation is 1. The number of rotatable bonds is 7. The van der Waals surface area contributed by atoms with Gasteiger partial charge in [0.05, 0.1) is 28.1 Å². The first-order chi connectivity index (χ1) is 8.15. The summed E-state index contributed by atoms with van der Waals surface area (Å²) in [7, 11) is -1.06. The SMILES string of the molecule is CCCCOCCS(=O)c1ccc(C)cc1N. The lowest BCUT2D eigenvalue weighted by Crippen LogP contribution is -2.09. The largest absolute Gasteiger partial charge is 0.398 e. The van der Waals surface area contributed by atoms with Gasteiger partial charge in [0.1, 0.15) is 0 Å². The number of unbranched alkanes of at least 4 members (excludes halogenated alkanes) is 1. The van der Waals surface area contributed by atoms with Gasteiger partial charge in [-0.3, -0.25) is 4.21 Å². The lowest BCUT2D eigenvalue weighted by atomic mass is 10.2. The van der Waals surface area contributed by atoms with Crippen LogP contribution >= 0.6 is 0 Å². The summed E-state index contributed by atoms with van der Waals surface area (Å²) in [6.07, 6.45) is 2.17. The zero-order chi connectivity index (χ0) is 12.7. The molecule has 0 heterocycles. The Labute approximate surface area is 106 Å². The molecule has 0 saturated carbocycles. The van der Waals surface area contributed by atoms with E-state index in [-0.39, 0.29) is 0 Å². The maximum atomic E-state index is 12.0. The summed E-state index contributed by atoms with van der Waals surface area (Å²) < 4.78 is 17.4. The summed E-state index contributed by atoms with van der Waals surface area (Å²) >= 11 is 0. The molecule has 3 nitrogen and oxygen atoms in total. The Kier molecular flexibility index (Phi) is 6.22. The predicted octanol–water partition coefficient (Wildman–Crippen LogP) is 2.50. The van der Waals surface area contributed by atoms with E-state index in [0.29, 0.717) is 18.0 Å². The minimum Gasteiger partial charge on any atom is -0.398 e. The van der Waals surface area contributed by atoms with Crippen molar-refractivity contribution in [3.8, 4) is 0 Å². The molecule has 1 atom stereocenters. The molecule has 0 aromatic heterocycles. The Morgan fingerprint density at radius 2 is 2.12 bits per heavy atom. The van der Waals surface area contributed by atoms with Crippen molar-refractivity contribution in [2.45, 2.75) is 31.6 Å². The molecule has 1 aromatic carbocycles. The van der Waals surface area contributed by atoms with Crippen LogP contribution in [-0.4, -0.2) is 23.2 Å². The highest BCUT2D eigenvalue weighted by Gasteiger charge is 2.07. The van der Waals surface area contributed by atoms with Crippen LogP contribution in [0.1, 0.15) is 25.3 Å². The third kappa shape index (κ3) is 4.88. The van der Waals surface area contributed by atoms with Crippen molar-refractivity contribution in [2.24, 2.45) is 0 Å². The van der Waals surface area contributed by atoms with Gasteiger partial charge >= 0.3 is 0 Å². The number of nitrogen functional groups attached to an aromatic ring is 1. The minimum absolute atomic E-state index is 0.511. The summed E-state index contributed by atoms with van der Waals surface area (Å²) in [5.41, 5.74) is 7.53. The maximum Gasteiger partial charge on any atom is 0.0618 e. The third-order valence-corrected chi connectivity index (χ3v) is 3.87. The fraction of sp³-hybridized carbons (Fsp3) is 0.538. The molecule has 0 aliphatic rings. The molecule has 4 heteroatoms. The van der Waals surface area contributed by atoms with Gasteiger partial charge in [0.15, 0.2) is 0 Å². The second-order valence-corrected chi connectivity index (χ2v) is 5.60. The second-order valence-electron chi connectivity index (χ2n) is 4.06. The minimum atomic E-state index is -1.06. The Bertz CT molecular complexity index is 380. The first-order valence-corrected chi connectivity index (χ1v) is 7.29. The molecular formula is C13H21NO2S. The predicted molar refractivity (Wildman–Crippen MR) is 72.6 cm³/mol. The van der Waals surface area contributed by atoms with Crippen LogP contribution in [0.25, 0.3) is 0 Å². The number of nitrogens with two attached hydrogens (primary N) is 1. The van der Waals surface area contributed by atoms with Crippen LogP contribution in [0.3, 0.4) is 0 Å². The van der Waals surface area contributed by atoms with E-state index in [0.717, 1.165) is 29.9 Å². The molecule has 1 unspecified atom stereocenters. The topological polar surface area (TPSA) is 52.3 Å². The van der Waals surface area contributed by atoms with Gasteiger partial charge in [-0.05, 0) is 31.0 Å². The van der Waals surface area contributed by atoms with E-state index in [4.69, 9.17) is 10.5 Å². The Balaban J connectivity index is 2.42. The summed E-state index contributed by atoms with van der Waals surface area (Å²) in [4.78, 5) is 0.717. The van der Waals surface area contributed by atoms with Crippen molar-refractivity contribution in [3.63, 3.8) is 0 Å². The molecule has 0 fully saturated rings. The molecule has 96 valence electrons. The standard InChI is InChI=1S/C13H21NO2S/c1-3-4-7-16-8-9-17(15)13-6-5-11(2)10-12(13)14/h5-6,10H,3-4,7-9,14H2,1-2H3. The van der Waals surface area contributed by atoms with E-state index in [9.17, 15) is 4.21 Å². The Morgan fingerprint density at radius 1 is 1.35 bits per heavy atom. The second kappa shape index (κ2) is 7.45. The fourth-order valence-electron chi connectivity index (χ4n) is 1.47. The average Bonchev–Trinajstić information content (AvgIpc) is 2.28. The van der Waals surface area contributed by atoms with Crippen LogP contribution in [-0.2, 0) is 15.5 Å². The average molecular weight is 255 g/mol. The van der Waals surface area contributed by atoms with Crippen molar-refractivity contribution in [2.75, 3.05) is 24.7 Å². The Morgan fingerprint density at radius 3 is 2.76 bits per heavy atom. The molecule has 17 heavy (non-hydrogen) atoms. The molecule has 0 spiro atoms. The molecule has 0 bridgehead atoms. The van der Waals surface area contributed by atoms with Crippen LogP contribution in [0.5, 0.6) is 0 Å². The van der Waals surface area contributed by atoms with E-state index in [1.807, 2.05) is 25.1 Å². The van der Waals surface area contributed by atoms with Crippen molar-refractivity contribution >= 4 is 16.5 Å². The van der Waals surface area contributed by atoms with Crippen LogP contribution in [0.4, 0.5) is 5.69 Å². The normalized spacial score (nSPS) is 12.6. The highest BCUT2D eigenvalue weighted by atomic mass is 32.2. The molecule has 0 radical (unpaired) electrons. The van der Waals surface area contributed by atoms with Crippen molar-refractivity contribution in [1.29, 1.82) is 0 Å². The quantitative estimate of drug-likeness (QED) is 0.601.